The molecule has 0 aromatic heterocycles. The molecule has 0 unspecified atom stereocenters. The lowest BCUT2D eigenvalue weighted by Gasteiger charge is -2.24. The highest BCUT2D eigenvalue weighted by Gasteiger charge is 2.29. The summed E-state index contributed by atoms with van der Waals surface area (Å²) >= 11 is -1.63. The molecule has 0 saturated carbocycles. The van der Waals surface area contributed by atoms with Gasteiger partial charge in [0.15, 0.2) is 11.6 Å². The monoisotopic (exact) mass is 277 g/mol. The lowest BCUT2D eigenvalue weighted by atomic mass is 10.1. The van der Waals surface area contributed by atoms with Crippen LogP contribution < -0.4 is 4.72 Å². The Balaban J connectivity index is 3.18. The van der Waals surface area contributed by atoms with Gasteiger partial charge in [0.1, 0.15) is 10.3 Å². The molecule has 2 N–H and O–H groups in total. The normalized spacial score (nSPS) is 13.2. The zero-order valence-electron chi connectivity index (χ0n) is 10.1. The summed E-state index contributed by atoms with van der Waals surface area (Å²) in [5.41, 5.74) is -1.07. The Bertz CT molecular complexity index is 474. The van der Waals surface area contributed by atoms with Crippen LogP contribution in [-0.4, -0.2) is 20.4 Å². The smallest absolute Gasteiger partial charge is 0.341 e. The number of hydrogen-bond acceptors (Lipinski definition) is 3. The van der Waals surface area contributed by atoms with Crippen molar-refractivity contribution >= 4 is 23.0 Å². The Hall–Kier alpha value is -1.34. The molecule has 0 radical (unpaired) electrons. The number of nitrogens with one attached hydrogen (secondary N) is 1. The van der Waals surface area contributed by atoms with E-state index >= 15 is 0 Å². The Kier molecular flexibility index (Phi) is 4.18. The zero-order chi connectivity index (χ0) is 14.1. The van der Waals surface area contributed by atoms with E-state index < -0.39 is 39.3 Å². The maximum Gasteiger partial charge on any atom is 0.341 e. The van der Waals surface area contributed by atoms with E-state index in [0.717, 1.165) is 12.1 Å². The molecule has 0 heterocycles. The van der Waals surface area contributed by atoms with Crippen molar-refractivity contribution in [1.82, 2.24) is 0 Å². The number of carboxylic acids is 1. The molecule has 0 amide bonds. The van der Waals surface area contributed by atoms with Crippen molar-refractivity contribution in [3.8, 4) is 0 Å². The third kappa shape index (κ3) is 3.11. The molecule has 0 aliphatic carbocycles. The first-order chi connectivity index (χ1) is 8.14. The second-order valence-electron chi connectivity index (χ2n) is 4.57. The highest BCUT2D eigenvalue weighted by molar-refractivity contribution is 7.94. The summed E-state index contributed by atoms with van der Waals surface area (Å²) in [7, 11) is 0. The van der Waals surface area contributed by atoms with Crippen molar-refractivity contribution in [3.05, 3.63) is 29.3 Å². The molecule has 1 aromatic rings. The Morgan fingerprint density at radius 3 is 2.39 bits per heavy atom. The molecular weight excluding hydrogens is 264 g/mol. The number of benzene rings is 1. The first-order valence-electron chi connectivity index (χ1n) is 5.04. The molecule has 1 rings (SSSR count). The van der Waals surface area contributed by atoms with Crippen LogP contribution in [0, 0.1) is 11.6 Å². The maximum atomic E-state index is 13.4. The minimum atomic E-state index is -1.63. The third-order valence-electron chi connectivity index (χ3n) is 2.07. The minimum absolute atomic E-state index is 0.213. The van der Waals surface area contributed by atoms with Gasteiger partial charge in [-0.15, -0.1) is 0 Å². The van der Waals surface area contributed by atoms with Crippen LogP contribution in [0.3, 0.4) is 0 Å². The van der Waals surface area contributed by atoms with Crippen LogP contribution in [0.5, 0.6) is 0 Å². The predicted octanol–water partition coefficient (Wildman–Crippen LogP) is 2.54. The van der Waals surface area contributed by atoms with Crippen molar-refractivity contribution < 1.29 is 23.2 Å². The van der Waals surface area contributed by atoms with Crippen molar-refractivity contribution in [2.75, 3.05) is 4.72 Å². The number of halogens is 2. The van der Waals surface area contributed by atoms with Gasteiger partial charge in [-0.05, 0) is 32.9 Å². The van der Waals surface area contributed by atoms with E-state index in [-0.39, 0.29) is 5.69 Å². The van der Waals surface area contributed by atoms with Crippen LogP contribution in [0.4, 0.5) is 14.5 Å². The van der Waals surface area contributed by atoms with E-state index in [1.165, 1.54) is 0 Å². The molecule has 1 atom stereocenters. The van der Waals surface area contributed by atoms with Crippen LogP contribution in [0.15, 0.2) is 12.1 Å². The van der Waals surface area contributed by atoms with Crippen molar-refractivity contribution in [2.24, 2.45) is 0 Å². The van der Waals surface area contributed by atoms with Gasteiger partial charge < -0.3 is 9.66 Å². The molecule has 0 aliphatic rings. The van der Waals surface area contributed by atoms with Crippen LogP contribution in [-0.2, 0) is 11.4 Å². The predicted molar refractivity (Wildman–Crippen MR) is 64.8 cm³/mol. The fraction of sp³-hybridized carbons (Fsp3) is 0.364. The van der Waals surface area contributed by atoms with Gasteiger partial charge in [-0.25, -0.2) is 18.3 Å². The van der Waals surface area contributed by atoms with E-state index in [1.807, 2.05) is 0 Å². The van der Waals surface area contributed by atoms with Crippen LogP contribution in [0.2, 0.25) is 0 Å². The standard InChI is InChI=1S/C11H13F2NO3S/c1-11(2,3)18(17)14-7-5-4-6(12)9(13)8(7)10(15)16/h4-5,14H,1-3H3,(H,15,16)/t18-/m0/s1. The van der Waals surface area contributed by atoms with E-state index in [1.54, 1.807) is 20.8 Å². The number of rotatable bonds is 3. The third-order valence-corrected chi connectivity index (χ3v) is 3.59. The fourth-order valence-corrected chi connectivity index (χ4v) is 1.77. The summed E-state index contributed by atoms with van der Waals surface area (Å²) in [6, 6.07) is 1.83. The van der Waals surface area contributed by atoms with Gasteiger partial charge in [-0.3, -0.25) is 0 Å². The average Bonchev–Trinajstić information content (AvgIpc) is 2.21. The molecule has 0 fully saturated rings. The number of aromatic carboxylic acids is 1. The van der Waals surface area contributed by atoms with Gasteiger partial charge in [0.05, 0.1) is 17.0 Å². The summed E-state index contributed by atoms with van der Waals surface area (Å²) in [4.78, 5) is 10.9. The second-order valence-corrected chi connectivity index (χ2v) is 6.54. The number of carboxylic acid groups (broad SMARTS) is 1. The first kappa shape index (κ1) is 14.7. The van der Waals surface area contributed by atoms with Gasteiger partial charge in [0, 0.05) is 0 Å². The quantitative estimate of drug-likeness (QED) is 0.833. The van der Waals surface area contributed by atoms with Gasteiger partial charge in [0.2, 0.25) is 0 Å². The van der Waals surface area contributed by atoms with Crippen LogP contribution in [0.1, 0.15) is 31.1 Å². The van der Waals surface area contributed by atoms with E-state index in [2.05, 4.69) is 4.72 Å². The first-order valence-corrected chi connectivity index (χ1v) is 6.19. The molecule has 1 aromatic carbocycles. The van der Waals surface area contributed by atoms with E-state index in [9.17, 15) is 18.1 Å². The van der Waals surface area contributed by atoms with Gasteiger partial charge in [0.25, 0.3) is 0 Å². The van der Waals surface area contributed by atoms with E-state index in [4.69, 9.17) is 5.11 Å². The minimum Gasteiger partial charge on any atom is -0.593 e. The lowest BCUT2D eigenvalue weighted by Crippen LogP contribution is -2.34. The second kappa shape index (κ2) is 5.11. The van der Waals surface area contributed by atoms with E-state index in [0.29, 0.717) is 0 Å². The number of hydrogen-bond donors (Lipinski definition) is 2. The van der Waals surface area contributed by atoms with Crippen molar-refractivity contribution in [1.29, 1.82) is 0 Å². The zero-order valence-corrected chi connectivity index (χ0v) is 10.9. The number of anilines is 1. The highest BCUT2D eigenvalue weighted by Crippen LogP contribution is 2.25. The Morgan fingerprint density at radius 1 is 1.39 bits per heavy atom. The maximum absolute atomic E-state index is 13.4. The Morgan fingerprint density at radius 2 is 1.94 bits per heavy atom. The summed E-state index contributed by atoms with van der Waals surface area (Å²) in [5, 5.41) is 8.84. The molecule has 100 valence electrons. The summed E-state index contributed by atoms with van der Waals surface area (Å²) in [6.45, 7) is 4.99. The fourth-order valence-electron chi connectivity index (χ4n) is 1.10. The van der Waals surface area contributed by atoms with Crippen molar-refractivity contribution in [3.63, 3.8) is 0 Å². The van der Waals surface area contributed by atoms with Gasteiger partial charge in [-0.1, -0.05) is 0 Å². The molecule has 0 aliphatic heterocycles. The topological polar surface area (TPSA) is 72.4 Å². The molecule has 0 spiro atoms. The largest absolute Gasteiger partial charge is 0.593 e. The lowest BCUT2D eigenvalue weighted by molar-refractivity contribution is 0.0692. The molecule has 0 saturated heterocycles. The van der Waals surface area contributed by atoms with Crippen molar-refractivity contribution in [2.45, 2.75) is 25.5 Å². The highest BCUT2D eigenvalue weighted by atomic mass is 32.2. The molecule has 4 nitrogen and oxygen atoms in total. The van der Waals surface area contributed by atoms with Crippen LogP contribution >= 0.6 is 0 Å². The Labute approximate surface area is 106 Å². The summed E-state index contributed by atoms with van der Waals surface area (Å²) < 4.78 is 39.8. The number of carbonyl (C=O) groups is 1. The van der Waals surface area contributed by atoms with Gasteiger partial charge >= 0.3 is 5.97 Å². The summed E-state index contributed by atoms with van der Waals surface area (Å²) in [6.07, 6.45) is 0. The van der Waals surface area contributed by atoms with Crippen LogP contribution in [0.25, 0.3) is 0 Å². The summed E-state index contributed by atoms with van der Waals surface area (Å²) in [5.74, 6) is -4.36. The molecule has 0 bridgehead atoms. The molecular formula is C11H13F2NO3S. The van der Waals surface area contributed by atoms with Gasteiger partial charge in [-0.2, -0.15) is 0 Å². The SMILES string of the molecule is CC(C)(C)[S@+]([O-])Nc1ccc(F)c(F)c1C(=O)O. The average molecular weight is 277 g/mol. The molecule has 7 heteroatoms. The molecule has 18 heavy (non-hydrogen) atoms.